The maximum atomic E-state index is 14.4. The summed E-state index contributed by atoms with van der Waals surface area (Å²) < 4.78 is 0. The second-order valence-corrected chi connectivity index (χ2v) is 14.9. The molecule has 0 aliphatic carbocycles. The van der Waals surface area contributed by atoms with E-state index >= 15 is 0 Å². The number of aryl methyl sites for hydroxylation is 1. The van der Waals surface area contributed by atoms with Crippen molar-refractivity contribution in [3.63, 3.8) is 0 Å². The number of nitrogens with one attached hydrogen (secondary N) is 4. The summed E-state index contributed by atoms with van der Waals surface area (Å²) in [5, 5.41) is 15.5. The number of H-pyrrole nitrogens is 2. The molecule has 0 saturated carbocycles. The number of carbonyl (C=O) groups excluding carboxylic acids is 3. The van der Waals surface area contributed by atoms with Crippen molar-refractivity contribution < 1.29 is 14.4 Å². The summed E-state index contributed by atoms with van der Waals surface area (Å²) in [5.74, 6) is 0.141. The Bertz CT molecular complexity index is 1970. The van der Waals surface area contributed by atoms with Gasteiger partial charge in [-0.1, -0.05) is 31.2 Å². The molecular weight excluding hydrogens is 644 g/mol. The number of pyridine rings is 1. The molecule has 2 aromatic carbocycles. The smallest absolute Gasteiger partial charge is 0.318 e. The molecule has 0 unspecified atom stereocenters. The van der Waals surface area contributed by atoms with Crippen molar-refractivity contribution in [1.29, 1.82) is 0 Å². The van der Waals surface area contributed by atoms with Crippen LogP contribution in [0.3, 0.4) is 0 Å². The van der Waals surface area contributed by atoms with Crippen molar-refractivity contribution >= 4 is 39.7 Å². The minimum atomic E-state index is -0.736. The van der Waals surface area contributed by atoms with Gasteiger partial charge in [-0.15, -0.1) is 0 Å². The number of aromatic amines is 2. The van der Waals surface area contributed by atoms with Crippen LogP contribution in [0.4, 0.5) is 4.79 Å². The van der Waals surface area contributed by atoms with E-state index in [2.05, 4.69) is 31.9 Å². The molecule has 7 rings (SSSR count). The molecule has 3 aliphatic rings. The van der Waals surface area contributed by atoms with Crippen molar-refractivity contribution in [2.75, 3.05) is 46.3 Å². The van der Waals surface area contributed by atoms with Gasteiger partial charge in [0.25, 0.3) is 5.56 Å². The van der Waals surface area contributed by atoms with Gasteiger partial charge in [0.2, 0.25) is 11.8 Å². The fraction of sp³-hybridized carbons (Fsp3) is 0.513. The first-order valence-corrected chi connectivity index (χ1v) is 18.5. The lowest BCUT2D eigenvalue weighted by atomic mass is 9.77. The maximum Gasteiger partial charge on any atom is 0.318 e. The monoisotopic (exact) mass is 694 g/mol. The summed E-state index contributed by atoms with van der Waals surface area (Å²) in [6, 6.07) is 12.7. The van der Waals surface area contributed by atoms with Crippen LogP contribution in [-0.2, 0) is 16.0 Å². The second kappa shape index (κ2) is 14.5. The molecular formula is C39H50N8O4. The molecule has 4 N–H and O–H groups in total. The number of rotatable bonds is 8. The van der Waals surface area contributed by atoms with Gasteiger partial charge in [0, 0.05) is 62.2 Å². The van der Waals surface area contributed by atoms with Crippen molar-refractivity contribution in [2.45, 2.75) is 76.8 Å². The van der Waals surface area contributed by atoms with E-state index in [4.69, 9.17) is 0 Å². The summed E-state index contributed by atoms with van der Waals surface area (Å²) in [4.78, 5) is 62.9. The Balaban J connectivity index is 1.03. The summed E-state index contributed by atoms with van der Waals surface area (Å²) >= 11 is 0. The van der Waals surface area contributed by atoms with E-state index in [0.29, 0.717) is 58.5 Å². The Morgan fingerprint density at radius 3 is 2.35 bits per heavy atom. The van der Waals surface area contributed by atoms with Gasteiger partial charge >= 0.3 is 6.03 Å². The third-order valence-corrected chi connectivity index (χ3v) is 11.8. The largest absolute Gasteiger partial charge is 0.341 e. The number of benzene rings is 2. The first-order chi connectivity index (χ1) is 24.7. The fourth-order valence-corrected chi connectivity index (χ4v) is 8.64. The van der Waals surface area contributed by atoms with E-state index in [1.165, 1.54) is 0 Å². The molecule has 3 saturated heterocycles. The van der Waals surface area contributed by atoms with Gasteiger partial charge in [-0.3, -0.25) is 19.5 Å². The topological polar surface area (TPSA) is 147 Å². The number of urea groups is 1. The second-order valence-electron chi connectivity index (χ2n) is 14.9. The van der Waals surface area contributed by atoms with Gasteiger partial charge in [-0.25, -0.2) is 4.79 Å². The van der Waals surface area contributed by atoms with Gasteiger partial charge < -0.3 is 30.3 Å². The molecule has 3 aliphatic heterocycles. The highest BCUT2D eigenvalue weighted by atomic mass is 16.2. The summed E-state index contributed by atoms with van der Waals surface area (Å²) in [6.45, 7) is 7.70. The zero-order valence-corrected chi connectivity index (χ0v) is 30.0. The molecule has 2 aromatic heterocycles. The first kappa shape index (κ1) is 34.7. The lowest BCUT2D eigenvalue weighted by Crippen LogP contribution is -2.54. The number of carbonyl (C=O) groups is 3. The number of likely N-dealkylation sites (N-methyl/N-ethyl adjacent to an activating group) is 1. The van der Waals surface area contributed by atoms with Crippen LogP contribution >= 0.6 is 0 Å². The van der Waals surface area contributed by atoms with Crippen LogP contribution in [0.15, 0.2) is 53.5 Å². The number of fused-ring (bicyclic) bond motifs is 2. The number of amides is 4. The number of aromatic nitrogens is 3. The Kier molecular flexibility index (Phi) is 9.87. The van der Waals surface area contributed by atoms with E-state index < -0.39 is 6.04 Å². The number of hydrogen-bond donors (Lipinski definition) is 4. The number of para-hydroxylation sites is 1. The van der Waals surface area contributed by atoms with Crippen LogP contribution in [0, 0.1) is 12.3 Å². The zero-order chi connectivity index (χ0) is 35.7. The molecule has 0 radical (unpaired) electrons. The predicted molar refractivity (Wildman–Crippen MR) is 198 cm³/mol. The van der Waals surface area contributed by atoms with Crippen LogP contribution in [0.1, 0.15) is 68.1 Å². The molecule has 270 valence electrons. The molecule has 0 bridgehead atoms. The quantitative estimate of drug-likeness (QED) is 0.219. The lowest BCUT2D eigenvalue weighted by Gasteiger charge is -2.40. The van der Waals surface area contributed by atoms with E-state index in [-0.39, 0.29) is 40.8 Å². The van der Waals surface area contributed by atoms with E-state index in [9.17, 15) is 19.2 Å². The van der Waals surface area contributed by atoms with Crippen molar-refractivity contribution in [3.8, 4) is 0 Å². The molecule has 2 atom stereocenters. The van der Waals surface area contributed by atoms with Crippen LogP contribution in [0.5, 0.6) is 0 Å². The Hall–Kier alpha value is -4.71. The molecule has 3 fully saturated rings. The normalized spacial score (nSPS) is 19.2. The third-order valence-electron chi connectivity index (χ3n) is 11.8. The summed E-state index contributed by atoms with van der Waals surface area (Å²) in [5.41, 5.74) is 4.45. The third kappa shape index (κ3) is 7.11. The molecule has 12 heteroatoms. The molecule has 4 amide bonds. The Morgan fingerprint density at radius 1 is 0.922 bits per heavy atom. The molecule has 4 aromatic rings. The average molecular weight is 695 g/mol. The van der Waals surface area contributed by atoms with Gasteiger partial charge in [0.1, 0.15) is 6.04 Å². The minimum Gasteiger partial charge on any atom is -0.341 e. The van der Waals surface area contributed by atoms with Crippen molar-refractivity contribution in [1.82, 2.24) is 40.5 Å². The molecule has 12 nitrogen and oxygen atoms in total. The highest BCUT2D eigenvalue weighted by Gasteiger charge is 2.44. The average Bonchev–Trinajstić information content (AvgIpc) is 3.79. The van der Waals surface area contributed by atoms with Crippen LogP contribution < -0.4 is 16.2 Å². The number of hydrogen-bond acceptors (Lipinski definition) is 6. The number of nitrogens with zero attached hydrogens (tertiary/aromatic N) is 4. The van der Waals surface area contributed by atoms with E-state index in [0.717, 1.165) is 64.2 Å². The Morgan fingerprint density at radius 2 is 1.63 bits per heavy atom. The number of likely N-dealkylation sites (tertiary alicyclic amines) is 3. The maximum absolute atomic E-state index is 14.4. The summed E-state index contributed by atoms with van der Waals surface area (Å²) in [7, 11) is 1.83. The fourth-order valence-electron chi connectivity index (χ4n) is 8.64. The van der Waals surface area contributed by atoms with Crippen molar-refractivity contribution in [3.05, 3.63) is 75.7 Å². The van der Waals surface area contributed by atoms with Gasteiger partial charge in [-0.05, 0) is 98.5 Å². The lowest BCUT2D eigenvalue weighted by molar-refractivity contribution is -0.137. The van der Waals surface area contributed by atoms with Crippen LogP contribution in [0.2, 0.25) is 0 Å². The molecule has 5 heterocycles. The highest BCUT2D eigenvalue weighted by molar-refractivity contribution is 5.88. The Labute approximate surface area is 298 Å². The summed E-state index contributed by atoms with van der Waals surface area (Å²) in [6.07, 6.45) is 6.87. The van der Waals surface area contributed by atoms with Gasteiger partial charge in [0.15, 0.2) is 0 Å². The van der Waals surface area contributed by atoms with E-state index in [1.807, 2.05) is 67.1 Å². The molecule has 1 spiro atoms. The standard InChI is InChI=1S/C39H50N8O4/c1-4-31(40-3)36(49)45-16-11-39(12-17-45)13-18-47(24-39)37(50)33(21-26-19-25(2)34-29(20-26)23-41-44-34)43-38(51)46-14-9-27(10-15-46)30-22-28-7-5-6-8-32(28)42-35(30)48/h5-8,19-20,22-23,27,31,33,40H,4,9-18,21,24H2,1-3H3,(H,41,44)(H,42,48)(H,43,51)/t31-,33-/m1/s1. The van der Waals surface area contributed by atoms with Crippen molar-refractivity contribution in [2.24, 2.45) is 5.41 Å². The number of piperidine rings is 2. The SMILES string of the molecule is CC[C@@H](NC)C(=O)N1CCC2(CC1)CCN(C(=O)[C@@H](Cc1cc(C)c3[nH]ncc3c1)NC(=O)N1CCC(c3cc4ccccc4[nH]c3=O)CC1)C2. The van der Waals surface area contributed by atoms with E-state index in [1.54, 1.807) is 11.1 Å². The molecule has 51 heavy (non-hydrogen) atoms. The predicted octanol–water partition coefficient (Wildman–Crippen LogP) is 4.05. The van der Waals surface area contributed by atoms with Gasteiger partial charge in [0.05, 0.1) is 17.8 Å². The highest BCUT2D eigenvalue weighted by Crippen LogP contribution is 2.41. The van der Waals surface area contributed by atoms with Crippen LogP contribution in [-0.4, -0.2) is 106 Å². The van der Waals surface area contributed by atoms with Crippen LogP contribution in [0.25, 0.3) is 21.8 Å². The first-order valence-electron chi connectivity index (χ1n) is 18.5. The minimum absolute atomic E-state index is 0.0167. The zero-order valence-electron chi connectivity index (χ0n) is 30.0. The van der Waals surface area contributed by atoms with Gasteiger partial charge in [-0.2, -0.15) is 5.10 Å².